The van der Waals surface area contributed by atoms with Crippen LogP contribution in [-0.4, -0.2) is 13.1 Å². The topological polar surface area (TPSA) is 12.0 Å². The molecule has 0 aromatic rings. The second-order valence-corrected chi connectivity index (χ2v) is 4.64. The van der Waals surface area contributed by atoms with Crippen molar-refractivity contribution in [3.05, 3.63) is 0 Å². The maximum Gasteiger partial charge on any atom is -0.00178 e. The third kappa shape index (κ3) is 1.66. The molecule has 3 unspecified atom stereocenters. The fourth-order valence-corrected chi connectivity index (χ4v) is 3.16. The second kappa shape index (κ2) is 3.78. The molecule has 0 aromatic carbocycles. The molecule has 1 saturated carbocycles. The molecule has 1 aliphatic heterocycles. The zero-order valence-electron chi connectivity index (χ0n) is 8.18. The van der Waals surface area contributed by atoms with Crippen molar-refractivity contribution in [3.8, 4) is 0 Å². The molecule has 2 rings (SSSR count). The molecule has 1 nitrogen and oxygen atoms in total. The Bertz CT molecular complexity index is 130. The van der Waals surface area contributed by atoms with Crippen LogP contribution in [0.1, 0.15) is 39.0 Å². The van der Waals surface area contributed by atoms with Crippen molar-refractivity contribution in [3.63, 3.8) is 0 Å². The van der Waals surface area contributed by atoms with Crippen LogP contribution in [0.15, 0.2) is 0 Å². The summed E-state index contributed by atoms with van der Waals surface area (Å²) in [5, 5.41) is 3.52. The molecular formula is C11H21N. The Balaban J connectivity index is 1.85. The molecule has 1 saturated heterocycles. The number of hydrogen-bond donors (Lipinski definition) is 1. The second-order valence-electron chi connectivity index (χ2n) is 4.64. The molecule has 2 fully saturated rings. The van der Waals surface area contributed by atoms with Crippen molar-refractivity contribution in [1.82, 2.24) is 5.32 Å². The van der Waals surface area contributed by atoms with Crippen LogP contribution in [0.4, 0.5) is 0 Å². The maximum absolute atomic E-state index is 3.52. The van der Waals surface area contributed by atoms with E-state index in [-0.39, 0.29) is 0 Å². The van der Waals surface area contributed by atoms with E-state index < -0.39 is 0 Å². The average molecular weight is 167 g/mol. The fraction of sp³-hybridized carbons (Fsp3) is 1.00. The maximum atomic E-state index is 3.52. The highest BCUT2D eigenvalue weighted by Gasteiger charge is 2.34. The first-order valence-electron chi connectivity index (χ1n) is 5.61. The lowest BCUT2D eigenvalue weighted by molar-refractivity contribution is 0.295. The molecule has 1 aliphatic carbocycles. The summed E-state index contributed by atoms with van der Waals surface area (Å²) in [6, 6.07) is 0. The van der Waals surface area contributed by atoms with E-state index in [0.29, 0.717) is 0 Å². The molecule has 70 valence electrons. The SMILES string of the molecule is CCCC1CC2CCNCC2C1. The van der Waals surface area contributed by atoms with Crippen LogP contribution in [0.5, 0.6) is 0 Å². The smallest absolute Gasteiger partial charge is 0.00178 e. The van der Waals surface area contributed by atoms with Crippen molar-refractivity contribution in [2.45, 2.75) is 39.0 Å². The lowest BCUT2D eigenvalue weighted by atomic mass is 9.90. The summed E-state index contributed by atoms with van der Waals surface area (Å²) < 4.78 is 0. The first-order valence-corrected chi connectivity index (χ1v) is 5.61. The third-order valence-corrected chi connectivity index (χ3v) is 3.73. The van der Waals surface area contributed by atoms with Gasteiger partial charge in [0.05, 0.1) is 0 Å². The van der Waals surface area contributed by atoms with Crippen LogP contribution >= 0.6 is 0 Å². The number of fused-ring (bicyclic) bond motifs is 1. The van der Waals surface area contributed by atoms with E-state index in [0.717, 1.165) is 17.8 Å². The van der Waals surface area contributed by atoms with Gasteiger partial charge in [-0.25, -0.2) is 0 Å². The van der Waals surface area contributed by atoms with Crippen molar-refractivity contribution in [1.29, 1.82) is 0 Å². The zero-order valence-corrected chi connectivity index (χ0v) is 8.18. The van der Waals surface area contributed by atoms with Crippen LogP contribution in [-0.2, 0) is 0 Å². The first-order chi connectivity index (χ1) is 5.90. The highest BCUT2D eigenvalue weighted by Crippen LogP contribution is 2.41. The molecule has 1 heteroatoms. The van der Waals surface area contributed by atoms with Crippen molar-refractivity contribution < 1.29 is 0 Å². The minimum atomic E-state index is 1.04. The Morgan fingerprint density at radius 2 is 2.08 bits per heavy atom. The summed E-state index contributed by atoms with van der Waals surface area (Å²) in [5.74, 6) is 3.20. The monoisotopic (exact) mass is 167 g/mol. The van der Waals surface area contributed by atoms with Crippen molar-refractivity contribution in [2.75, 3.05) is 13.1 Å². The minimum absolute atomic E-state index is 1.04. The standard InChI is InChI=1S/C11H21N/c1-2-3-9-6-10-4-5-12-8-11(10)7-9/h9-12H,2-8H2,1H3. The Labute approximate surface area is 75.9 Å². The van der Waals surface area contributed by atoms with E-state index >= 15 is 0 Å². The number of nitrogens with one attached hydrogen (secondary N) is 1. The minimum Gasteiger partial charge on any atom is -0.316 e. The van der Waals surface area contributed by atoms with E-state index in [2.05, 4.69) is 12.2 Å². The van der Waals surface area contributed by atoms with Crippen LogP contribution in [0.2, 0.25) is 0 Å². The van der Waals surface area contributed by atoms with Crippen molar-refractivity contribution in [2.24, 2.45) is 17.8 Å². The summed E-state index contributed by atoms with van der Waals surface area (Å²) >= 11 is 0. The van der Waals surface area contributed by atoms with Crippen molar-refractivity contribution >= 4 is 0 Å². The molecule has 0 aromatic heterocycles. The Hall–Kier alpha value is -0.0400. The van der Waals surface area contributed by atoms with Crippen LogP contribution in [0.25, 0.3) is 0 Å². The quantitative estimate of drug-likeness (QED) is 0.666. The third-order valence-electron chi connectivity index (χ3n) is 3.73. The van der Waals surface area contributed by atoms with Gasteiger partial charge in [-0.2, -0.15) is 0 Å². The summed E-state index contributed by atoms with van der Waals surface area (Å²) in [7, 11) is 0. The highest BCUT2D eigenvalue weighted by molar-refractivity contribution is 4.87. The highest BCUT2D eigenvalue weighted by atomic mass is 14.9. The van der Waals surface area contributed by atoms with Gasteiger partial charge in [0.15, 0.2) is 0 Å². The Morgan fingerprint density at radius 1 is 1.25 bits per heavy atom. The van der Waals surface area contributed by atoms with E-state index in [1.807, 2.05) is 0 Å². The average Bonchev–Trinajstić information content (AvgIpc) is 2.47. The van der Waals surface area contributed by atoms with Gasteiger partial charge in [-0.15, -0.1) is 0 Å². The van der Waals surface area contributed by atoms with E-state index in [4.69, 9.17) is 0 Å². The van der Waals surface area contributed by atoms with Gasteiger partial charge in [-0.1, -0.05) is 19.8 Å². The van der Waals surface area contributed by atoms with Crippen LogP contribution in [0, 0.1) is 17.8 Å². The molecular weight excluding hydrogens is 146 g/mol. The molecule has 1 N–H and O–H groups in total. The molecule has 0 bridgehead atoms. The molecule has 0 spiro atoms. The van der Waals surface area contributed by atoms with Gasteiger partial charge in [0.25, 0.3) is 0 Å². The van der Waals surface area contributed by atoms with E-state index in [1.54, 1.807) is 6.42 Å². The predicted molar refractivity (Wildman–Crippen MR) is 52.1 cm³/mol. The zero-order chi connectivity index (χ0) is 8.39. The number of piperidine rings is 1. The van der Waals surface area contributed by atoms with Gasteiger partial charge in [-0.3, -0.25) is 0 Å². The molecule has 0 radical (unpaired) electrons. The fourth-order valence-electron chi connectivity index (χ4n) is 3.16. The Morgan fingerprint density at radius 3 is 2.83 bits per heavy atom. The van der Waals surface area contributed by atoms with Gasteiger partial charge in [-0.05, 0) is 50.1 Å². The summed E-state index contributed by atoms with van der Waals surface area (Å²) in [6.45, 7) is 4.91. The summed E-state index contributed by atoms with van der Waals surface area (Å²) in [4.78, 5) is 0. The Kier molecular flexibility index (Phi) is 2.69. The molecule has 3 atom stereocenters. The van der Waals surface area contributed by atoms with Gasteiger partial charge < -0.3 is 5.32 Å². The molecule has 2 aliphatic rings. The van der Waals surface area contributed by atoms with Crippen LogP contribution < -0.4 is 5.32 Å². The lowest BCUT2D eigenvalue weighted by Crippen LogP contribution is -2.33. The largest absolute Gasteiger partial charge is 0.316 e. The van der Waals surface area contributed by atoms with E-state index in [9.17, 15) is 0 Å². The lowest BCUT2D eigenvalue weighted by Gasteiger charge is -2.25. The van der Waals surface area contributed by atoms with Gasteiger partial charge in [0, 0.05) is 0 Å². The molecule has 12 heavy (non-hydrogen) atoms. The van der Waals surface area contributed by atoms with Gasteiger partial charge in [0.2, 0.25) is 0 Å². The van der Waals surface area contributed by atoms with Crippen LogP contribution in [0.3, 0.4) is 0 Å². The molecule has 0 amide bonds. The van der Waals surface area contributed by atoms with Gasteiger partial charge >= 0.3 is 0 Å². The van der Waals surface area contributed by atoms with E-state index in [1.165, 1.54) is 38.8 Å². The summed E-state index contributed by atoms with van der Waals surface area (Å²) in [5.41, 5.74) is 0. The normalized spacial score (nSPS) is 41.2. The number of hydrogen-bond acceptors (Lipinski definition) is 1. The summed E-state index contributed by atoms with van der Waals surface area (Å²) in [6.07, 6.45) is 7.38. The van der Waals surface area contributed by atoms with Gasteiger partial charge in [0.1, 0.15) is 0 Å². The number of rotatable bonds is 2. The predicted octanol–water partition coefficient (Wildman–Crippen LogP) is 2.42. The molecule has 1 heterocycles. The first kappa shape index (κ1) is 8.55.